The summed E-state index contributed by atoms with van der Waals surface area (Å²) in [6.07, 6.45) is 1.29. The molecule has 30 heavy (non-hydrogen) atoms. The molecule has 0 radical (unpaired) electrons. The second kappa shape index (κ2) is 8.32. The van der Waals surface area contributed by atoms with E-state index in [4.69, 9.17) is 4.74 Å². The molecule has 1 aromatic heterocycles. The predicted octanol–water partition coefficient (Wildman–Crippen LogP) is 3.76. The number of rotatable bonds is 6. The van der Waals surface area contributed by atoms with Gasteiger partial charge in [-0.1, -0.05) is 48.5 Å². The average molecular weight is 406 g/mol. The van der Waals surface area contributed by atoms with Crippen molar-refractivity contribution in [2.45, 2.75) is 18.4 Å². The summed E-state index contributed by atoms with van der Waals surface area (Å²) in [5.41, 5.74) is 4.45. The van der Waals surface area contributed by atoms with E-state index >= 15 is 0 Å². The summed E-state index contributed by atoms with van der Waals surface area (Å²) in [7, 11) is 0. The number of hydrogen-bond donors (Lipinski definition) is 2. The summed E-state index contributed by atoms with van der Waals surface area (Å²) in [6, 6.07) is 15.9. The van der Waals surface area contributed by atoms with E-state index in [9.17, 15) is 19.1 Å². The molecule has 0 spiro atoms. The summed E-state index contributed by atoms with van der Waals surface area (Å²) in [6.45, 7) is 0.0653. The van der Waals surface area contributed by atoms with Crippen molar-refractivity contribution in [2.24, 2.45) is 0 Å². The van der Waals surface area contributed by atoms with Crippen molar-refractivity contribution >= 4 is 12.1 Å². The van der Waals surface area contributed by atoms with Crippen LogP contribution in [0.15, 0.2) is 67.0 Å². The fourth-order valence-corrected chi connectivity index (χ4v) is 3.77. The Kier molecular flexibility index (Phi) is 5.43. The van der Waals surface area contributed by atoms with E-state index in [2.05, 4.69) is 10.3 Å². The Bertz CT molecular complexity index is 1060. The van der Waals surface area contributed by atoms with E-state index < -0.39 is 23.9 Å². The molecule has 0 aliphatic heterocycles. The van der Waals surface area contributed by atoms with Crippen LogP contribution in [0.1, 0.15) is 22.6 Å². The van der Waals surface area contributed by atoms with Gasteiger partial charge >= 0.3 is 12.1 Å². The Morgan fingerprint density at radius 2 is 1.70 bits per heavy atom. The zero-order valence-corrected chi connectivity index (χ0v) is 15.9. The molecule has 1 amide bonds. The van der Waals surface area contributed by atoms with Crippen LogP contribution in [0.2, 0.25) is 0 Å². The third kappa shape index (κ3) is 3.87. The maximum Gasteiger partial charge on any atom is 0.407 e. The standard InChI is InChI=1S/C23H19FN2O4/c24-20-12-25-10-9-14(20)11-21(22(27)28)26-23(29)30-13-19-17-7-3-1-5-15(17)16-6-2-4-8-18(16)19/h1-10,12,19,21H,11,13H2,(H,26,29)(H,27,28)/t21-/m0/s1. The van der Waals surface area contributed by atoms with E-state index in [0.717, 1.165) is 28.5 Å². The first-order valence-corrected chi connectivity index (χ1v) is 9.47. The predicted molar refractivity (Wildman–Crippen MR) is 108 cm³/mol. The molecule has 2 N–H and O–H groups in total. The van der Waals surface area contributed by atoms with Crippen LogP contribution < -0.4 is 5.32 Å². The van der Waals surface area contributed by atoms with Gasteiger partial charge in [0.1, 0.15) is 18.5 Å². The lowest BCUT2D eigenvalue weighted by Gasteiger charge is -2.17. The number of benzene rings is 2. The molecule has 1 heterocycles. The lowest BCUT2D eigenvalue weighted by atomic mass is 9.98. The highest BCUT2D eigenvalue weighted by atomic mass is 19.1. The van der Waals surface area contributed by atoms with Crippen molar-refractivity contribution in [1.82, 2.24) is 10.3 Å². The van der Waals surface area contributed by atoms with Crippen molar-refractivity contribution in [3.8, 4) is 11.1 Å². The molecule has 0 saturated heterocycles. The molecule has 6 nitrogen and oxygen atoms in total. The van der Waals surface area contributed by atoms with Crippen molar-refractivity contribution < 1.29 is 23.8 Å². The van der Waals surface area contributed by atoms with Gasteiger partial charge in [0.25, 0.3) is 0 Å². The molecule has 0 bridgehead atoms. The molecule has 4 rings (SSSR count). The largest absolute Gasteiger partial charge is 0.480 e. The fourth-order valence-electron chi connectivity index (χ4n) is 3.77. The quantitative estimate of drug-likeness (QED) is 0.651. The van der Waals surface area contributed by atoms with Crippen LogP contribution in [0, 0.1) is 5.82 Å². The molecule has 1 aliphatic rings. The van der Waals surface area contributed by atoms with Gasteiger partial charge < -0.3 is 15.2 Å². The number of nitrogens with one attached hydrogen (secondary N) is 1. The lowest BCUT2D eigenvalue weighted by Crippen LogP contribution is -2.43. The maximum absolute atomic E-state index is 13.8. The van der Waals surface area contributed by atoms with Crippen molar-refractivity contribution in [3.63, 3.8) is 0 Å². The number of pyridine rings is 1. The Hall–Kier alpha value is -3.74. The summed E-state index contributed by atoms with van der Waals surface area (Å²) in [5, 5.41) is 11.7. The normalized spacial score (nSPS) is 13.2. The van der Waals surface area contributed by atoms with Gasteiger partial charge in [0.15, 0.2) is 0 Å². The highest BCUT2D eigenvalue weighted by Gasteiger charge is 2.30. The van der Waals surface area contributed by atoms with Crippen molar-refractivity contribution in [2.75, 3.05) is 6.61 Å². The first-order chi connectivity index (χ1) is 14.5. The van der Waals surface area contributed by atoms with E-state index in [1.807, 2.05) is 48.5 Å². The smallest absolute Gasteiger partial charge is 0.407 e. The van der Waals surface area contributed by atoms with E-state index in [1.165, 1.54) is 12.3 Å². The molecule has 1 aliphatic carbocycles. The maximum atomic E-state index is 13.8. The molecule has 0 unspecified atom stereocenters. The Morgan fingerprint density at radius 3 is 2.30 bits per heavy atom. The molecular formula is C23H19FN2O4. The van der Waals surface area contributed by atoms with Crippen LogP contribution in [0.3, 0.4) is 0 Å². The van der Waals surface area contributed by atoms with Crippen LogP contribution in [-0.2, 0) is 16.0 Å². The summed E-state index contributed by atoms with van der Waals surface area (Å²) >= 11 is 0. The number of aromatic nitrogens is 1. The number of fused-ring (bicyclic) bond motifs is 3. The zero-order chi connectivity index (χ0) is 21.1. The van der Waals surface area contributed by atoms with Gasteiger partial charge in [-0.25, -0.2) is 14.0 Å². The number of ether oxygens (including phenoxy) is 1. The number of alkyl carbamates (subject to hydrolysis) is 1. The topological polar surface area (TPSA) is 88.5 Å². The van der Waals surface area contributed by atoms with Crippen LogP contribution in [-0.4, -0.2) is 34.8 Å². The van der Waals surface area contributed by atoms with Crippen LogP contribution in [0.5, 0.6) is 0 Å². The van der Waals surface area contributed by atoms with Gasteiger partial charge in [-0.2, -0.15) is 0 Å². The van der Waals surface area contributed by atoms with Crippen molar-refractivity contribution in [3.05, 3.63) is 89.5 Å². The Labute approximate surface area is 172 Å². The van der Waals surface area contributed by atoms with Gasteiger partial charge in [0.2, 0.25) is 0 Å². The van der Waals surface area contributed by atoms with E-state index in [-0.39, 0.29) is 24.5 Å². The summed E-state index contributed by atoms with van der Waals surface area (Å²) < 4.78 is 19.2. The molecular weight excluding hydrogens is 387 g/mol. The lowest BCUT2D eigenvalue weighted by molar-refractivity contribution is -0.139. The first-order valence-electron chi connectivity index (χ1n) is 9.47. The minimum absolute atomic E-state index is 0.0653. The van der Waals surface area contributed by atoms with E-state index in [1.54, 1.807) is 0 Å². The average Bonchev–Trinajstić information content (AvgIpc) is 3.07. The molecule has 1 atom stereocenters. The third-order valence-corrected chi connectivity index (χ3v) is 5.21. The highest BCUT2D eigenvalue weighted by molar-refractivity contribution is 5.81. The minimum atomic E-state index is -1.32. The summed E-state index contributed by atoms with van der Waals surface area (Å²) in [5.74, 6) is -2.04. The summed E-state index contributed by atoms with van der Waals surface area (Å²) in [4.78, 5) is 27.5. The number of carboxylic acid groups (broad SMARTS) is 1. The SMILES string of the molecule is O=C(N[C@@H](Cc1ccncc1F)C(=O)O)OCC1c2ccccc2-c2ccccc21. The van der Waals surface area contributed by atoms with Gasteiger partial charge in [-0.3, -0.25) is 4.98 Å². The third-order valence-electron chi connectivity index (χ3n) is 5.21. The second-order valence-electron chi connectivity index (χ2n) is 7.03. The van der Waals surface area contributed by atoms with Gasteiger partial charge in [-0.15, -0.1) is 0 Å². The van der Waals surface area contributed by atoms with Gasteiger partial charge in [0, 0.05) is 18.5 Å². The zero-order valence-electron chi connectivity index (χ0n) is 15.9. The number of nitrogens with zero attached hydrogens (tertiary/aromatic N) is 1. The van der Waals surface area contributed by atoms with E-state index in [0.29, 0.717) is 0 Å². The minimum Gasteiger partial charge on any atom is -0.480 e. The Morgan fingerprint density at radius 1 is 1.07 bits per heavy atom. The molecule has 7 heteroatoms. The number of carbonyl (C=O) groups excluding carboxylic acids is 1. The molecule has 0 saturated carbocycles. The number of halogens is 1. The second-order valence-corrected chi connectivity index (χ2v) is 7.03. The van der Waals surface area contributed by atoms with Gasteiger partial charge in [0.05, 0.1) is 6.20 Å². The fraction of sp³-hybridized carbons (Fsp3) is 0.174. The number of carbonyl (C=O) groups is 2. The number of aliphatic carboxylic acids is 1. The first kappa shape index (κ1) is 19.6. The molecule has 0 fully saturated rings. The van der Waals surface area contributed by atoms with Crippen LogP contribution in [0.4, 0.5) is 9.18 Å². The molecule has 3 aromatic rings. The number of amides is 1. The van der Waals surface area contributed by atoms with Gasteiger partial charge in [-0.05, 0) is 33.9 Å². The Balaban J connectivity index is 1.44. The highest BCUT2D eigenvalue weighted by Crippen LogP contribution is 2.44. The molecule has 152 valence electrons. The van der Waals surface area contributed by atoms with Crippen LogP contribution in [0.25, 0.3) is 11.1 Å². The monoisotopic (exact) mass is 406 g/mol. The van der Waals surface area contributed by atoms with Crippen LogP contribution >= 0.6 is 0 Å². The van der Waals surface area contributed by atoms with Crippen molar-refractivity contribution in [1.29, 1.82) is 0 Å². The number of hydrogen-bond acceptors (Lipinski definition) is 4. The molecule has 2 aromatic carbocycles. The number of carboxylic acids is 1.